The van der Waals surface area contributed by atoms with Crippen molar-refractivity contribution in [3.05, 3.63) is 41.6 Å². The second-order valence-corrected chi connectivity index (χ2v) is 5.61. The van der Waals surface area contributed by atoms with E-state index in [0.717, 1.165) is 10.8 Å². The molecular formula is C14H7F6NOS. The monoisotopic (exact) mass is 351 g/mol. The highest BCUT2D eigenvalue weighted by atomic mass is 32.1. The van der Waals surface area contributed by atoms with E-state index < -0.39 is 24.0 Å². The Morgan fingerprint density at radius 3 is 2.30 bits per heavy atom. The molecule has 0 unspecified atom stereocenters. The van der Waals surface area contributed by atoms with Crippen LogP contribution in [0.2, 0.25) is 0 Å². The first-order valence-corrected chi connectivity index (χ1v) is 7.11. The average molecular weight is 351 g/mol. The van der Waals surface area contributed by atoms with E-state index in [1.54, 1.807) is 12.1 Å². The summed E-state index contributed by atoms with van der Waals surface area (Å²) in [7, 11) is 0. The number of para-hydroxylation sites is 1. The molecule has 0 aliphatic carbocycles. The van der Waals surface area contributed by atoms with Crippen molar-refractivity contribution in [2.75, 3.05) is 0 Å². The van der Waals surface area contributed by atoms with Crippen LogP contribution in [0, 0.1) is 0 Å². The molecule has 3 rings (SSSR count). The van der Waals surface area contributed by atoms with Crippen molar-refractivity contribution in [1.29, 1.82) is 0 Å². The summed E-state index contributed by atoms with van der Waals surface area (Å²) >= 11 is 1.30. The number of benzene rings is 1. The molecule has 3 aromatic rings. The van der Waals surface area contributed by atoms with Crippen LogP contribution < -0.4 is 0 Å². The van der Waals surface area contributed by atoms with Crippen LogP contribution in [0.15, 0.2) is 40.3 Å². The molecule has 0 bridgehead atoms. The smallest absolute Gasteiger partial charge is 0.407 e. The number of hydrogen-bond donors (Lipinski definition) is 0. The molecule has 0 N–H and O–H groups in total. The molecule has 2 nitrogen and oxygen atoms in total. The molecule has 0 atom stereocenters. The zero-order valence-corrected chi connectivity index (χ0v) is 11.9. The van der Waals surface area contributed by atoms with Crippen molar-refractivity contribution in [1.82, 2.24) is 4.98 Å². The van der Waals surface area contributed by atoms with Gasteiger partial charge in [0.15, 0.2) is 0 Å². The number of aromatic nitrogens is 1. The molecule has 122 valence electrons. The maximum Gasteiger partial charge on any atom is 0.407 e. The minimum absolute atomic E-state index is 0.0880. The lowest BCUT2D eigenvalue weighted by molar-refractivity contribution is -0.257. The van der Waals surface area contributed by atoms with E-state index in [-0.39, 0.29) is 5.76 Å². The Morgan fingerprint density at radius 2 is 1.65 bits per heavy atom. The van der Waals surface area contributed by atoms with Gasteiger partial charge in [0.2, 0.25) is 5.92 Å². The average Bonchev–Trinajstić information content (AvgIpc) is 3.02. The van der Waals surface area contributed by atoms with E-state index in [2.05, 4.69) is 4.98 Å². The molecule has 0 spiro atoms. The predicted octanol–water partition coefficient (Wildman–Crippen LogP) is 5.76. The number of halogens is 6. The fourth-order valence-electron chi connectivity index (χ4n) is 2.25. The van der Waals surface area contributed by atoms with E-state index in [1.165, 1.54) is 22.9 Å². The molecule has 0 amide bonds. The van der Waals surface area contributed by atoms with Crippen molar-refractivity contribution in [2.45, 2.75) is 18.3 Å². The van der Waals surface area contributed by atoms with Crippen molar-refractivity contribution in [2.24, 2.45) is 0 Å². The number of hydrogen-bond acceptors (Lipinski definition) is 3. The van der Waals surface area contributed by atoms with Crippen LogP contribution in [0.5, 0.6) is 0 Å². The SMILES string of the molecule is FC(F)(F)C(c1ccc(-c2cccc3scnc23)o1)C(F)(F)F. The first kappa shape index (κ1) is 15.9. The van der Waals surface area contributed by atoms with Gasteiger partial charge in [0, 0.05) is 5.56 Å². The fraction of sp³-hybridized carbons (Fsp3) is 0.214. The van der Waals surface area contributed by atoms with Gasteiger partial charge in [0.1, 0.15) is 11.5 Å². The number of nitrogens with zero attached hydrogens (tertiary/aromatic N) is 1. The second kappa shape index (κ2) is 5.26. The molecule has 1 aromatic carbocycles. The quantitative estimate of drug-likeness (QED) is 0.548. The van der Waals surface area contributed by atoms with E-state index in [9.17, 15) is 26.3 Å². The van der Waals surface area contributed by atoms with Crippen LogP contribution in [0.1, 0.15) is 11.7 Å². The zero-order chi connectivity index (χ0) is 16.8. The first-order valence-electron chi connectivity index (χ1n) is 6.23. The fourth-order valence-corrected chi connectivity index (χ4v) is 2.95. The minimum atomic E-state index is -5.49. The van der Waals surface area contributed by atoms with Crippen LogP contribution in [0.4, 0.5) is 26.3 Å². The third-order valence-corrected chi connectivity index (χ3v) is 3.99. The molecule has 0 saturated heterocycles. The van der Waals surface area contributed by atoms with E-state index in [0.29, 0.717) is 17.1 Å². The first-order chi connectivity index (χ1) is 10.7. The normalized spacial score (nSPS) is 13.2. The Bertz CT molecular complexity index is 818. The molecular weight excluding hydrogens is 344 g/mol. The Balaban J connectivity index is 2.08. The molecule has 9 heteroatoms. The van der Waals surface area contributed by atoms with Crippen molar-refractivity contribution < 1.29 is 30.8 Å². The molecule has 0 radical (unpaired) electrons. The van der Waals surface area contributed by atoms with Crippen molar-refractivity contribution in [3.8, 4) is 11.3 Å². The minimum Gasteiger partial charge on any atom is -0.460 e. The van der Waals surface area contributed by atoms with Gasteiger partial charge in [-0.1, -0.05) is 6.07 Å². The van der Waals surface area contributed by atoms with Gasteiger partial charge < -0.3 is 4.42 Å². The Kier molecular flexibility index (Phi) is 3.62. The maximum absolute atomic E-state index is 12.7. The second-order valence-electron chi connectivity index (χ2n) is 4.72. The lowest BCUT2D eigenvalue weighted by Crippen LogP contribution is -2.33. The van der Waals surface area contributed by atoms with E-state index in [1.807, 2.05) is 0 Å². The molecule has 23 heavy (non-hydrogen) atoms. The number of fused-ring (bicyclic) bond motifs is 1. The molecule has 0 fully saturated rings. The van der Waals surface area contributed by atoms with Crippen molar-refractivity contribution in [3.63, 3.8) is 0 Å². The third kappa shape index (κ3) is 2.92. The highest BCUT2D eigenvalue weighted by Crippen LogP contribution is 2.47. The Labute approximate surface area is 129 Å². The maximum atomic E-state index is 12.7. The summed E-state index contributed by atoms with van der Waals surface area (Å²) in [6.07, 6.45) is -11.0. The molecule has 2 aromatic heterocycles. The summed E-state index contributed by atoms with van der Waals surface area (Å²) in [5, 5.41) is 0. The van der Waals surface area contributed by atoms with Crippen molar-refractivity contribution >= 4 is 21.6 Å². The summed E-state index contributed by atoms with van der Waals surface area (Å²) in [6.45, 7) is 0. The predicted molar refractivity (Wildman–Crippen MR) is 72.2 cm³/mol. The van der Waals surface area contributed by atoms with Gasteiger partial charge in [0.05, 0.1) is 15.7 Å². The summed E-state index contributed by atoms with van der Waals surface area (Å²) < 4.78 is 82.0. The largest absolute Gasteiger partial charge is 0.460 e. The number of thiazole rings is 1. The number of furan rings is 1. The van der Waals surface area contributed by atoms with Crippen LogP contribution in [0.3, 0.4) is 0 Å². The molecule has 0 saturated carbocycles. The lowest BCUT2D eigenvalue weighted by atomic mass is 10.1. The standard InChI is InChI=1S/C14H7F6NOS/c15-13(16,17)12(14(18,19)20)9-5-4-8(22-9)7-2-1-3-10-11(7)21-6-23-10/h1-6,12H. The number of rotatable bonds is 2. The van der Waals surface area contributed by atoms with Gasteiger partial charge in [-0.2, -0.15) is 26.3 Å². The lowest BCUT2D eigenvalue weighted by Gasteiger charge is -2.20. The van der Waals surface area contributed by atoms with Crippen LogP contribution in [0.25, 0.3) is 21.5 Å². The van der Waals surface area contributed by atoms with Gasteiger partial charge in [-0.25, -0.2) is 4.98 Å². The highest BCUT2D eigenvalue weighted by molar-refractivity contribution is 7.16. The van der Waals surface area contributed by atoms with Gasteiger partial charge in [-0.05, 0) is 24.3 Å². The van der Waals surface area contributed by atoms with Crippen LogP contribution in [-0.4, -0.2) is 17.3 Å². The summed E-state index contributed by atoms with van der Waals surface area (Å²) in [4.78, 5) is 4.06. The van der Waals surface area contributed by atoms with Crippen LogP contribution >= 0.6 is 11.3 Å². The zero-order valence-electron chi connectivity index (χ0n) is 11.1. The number of alkyl halides is 6. The third-order valence-electron chi connectivity index (χ3n) is 3.19. The summed E-state index contributed by atoms with van der Waals surface area (Å²) in [5.74, 6) is -4.93. The summed E-state index contributed by atoms with van der Waals surface area (Å²) in [6, 6.07) is 6.69. The topological polar surface area (TPSA) is 26.0 Å². The van der Waals surface area contributed by atoms with Gasteiger partial charge in [-0.15, -0.1) is 11.3 Å². The van der Waals surface area contributed by atoms with E-state index in [4.69, 9.17) is 4.42 Å². The molecule has 2 heterocycles. The summed E-state index contributed by atoms with van der Waals surface area (Å²) in [5.41, 5.74) is 2.35. The molecule has 0 aliphatic heterocycles. The van der Waals surface area contributed by atoms with Gasteiger partial charge >= 0.3 is 12.4 Å². The van der Waals surface area contributed by atoms with Crippen LogP contribution in [-0.2, 0) is 0 Å². The Hall–Kier alpha value is -2.03. The highest BCUT2D eigenvalue weighted by Gasteiger charge is 2.59. The van der Waals surface area contributed by atoms with Gasteiger partial charge in [-0.3, -0.25) is 0 Å². The Morgan fingerprint density at radius 1 is 0.957 bits per heavy atom. The van der Waals surface area contributed by atoms with E-state index >= 15 is 0 Å². The van der Waals surface area contributed by atoms with Gasteiger partial charge in [0.25, 0.3) is 0 Å². The molecule has 0 aliphatic rings.